The summed E-state index contributed by atoms with van der Waals surface area (Å²) in [6.07, 6.45) is 5.09. The zero-order valence-electron chi connectivity index (χ0n) is 15.0. The third kappa shape index (κ3) is 3.72. The van der Waals surface area contributed by atoms with Crippen molar-refractivity contribution in [2.24, 2.45) is 0 Å². The molecular formula is C19H21N5O2. The molecule has 0 spiro atoms. The van der Waals surface area contributed by atoms with Crippen LogP contribution in [-0.4, -0.2) is 34.7 Å². The van der Waals surface area contributed by atoms with E-state index >= 15 is 0 Å². The number of anilines is 1. The van der Waals surface area contributed by atoms with Gasteiger partial charge in [-0.2, -0.15) is 0 Å². The van der Waals surface area contributed by atoms with Gasteiger partial charge in [0.05, 0.1) is 11.3 Å². The van der Waals surface area contributed by atoms with Crippen LogP contribution < -0.4 is 15.4 Å². The number of carbonyl (C=O) groups is 1. The van der Waals surface area contributed by atoms with Gasteiger partial charge in [0, 0.05) is 43.2 Å². The molecular weight excluding hydrogens is 330 g/mol. The Kier molecular flexibility index (Phi) is 4.71. The van der Waals surface area contributed by atoms with Gasteiger partial charge in [0.2, 0.25) is 5.88 Å². The number of nitrogens with one attached hydrogen (secondary N) is 3. The molecule has 0 fully saturated rings. The normalized spacial score (nSPS) is 15.0. The second-order valence-corrected chi connectivity index (χ2v) is 6.62. The maximum absolute atomic E-state index is 12.5. The number of nitrogens with zero attached hydrogens (tertiary/aromatic N) is 2. The first kappa shape index (κ1) is 17.6. The number of allylic oxidation sites excluding steroid dienone is 1. The Morgan fingerprint density at radius 3 is 2.92 bits per heavy atom. The van der Waals surface area contributed by atoms with Crippen molar-refractivity contribution in [1.82, 2.24) is 15.3 Å². The standard InChI is InChI=1S/C19H21N5O2/c1-19(2)8-12-7-13(11-22-18(12)26-19)17(25)24-16-6-4-5-15(23-16)14(9-20)10-21-3/h4-7,9-11,20-21H,8H2,1-3H3,(H,23,24,25)/b14-10+,20-9?. The van der Waals surface area contributed by atoms with Crippen LogP contribution in [-0.2, 0) is 6.42 Å². The van der Waals surface area contributed by atoms with Crippen LogP contribution in [0.3, 0.4) is 0 Å². The van der Waals surface area contributed by atoms with Crippen LogP contribution in [0.2, 0.25) is 0 Å². The summed E-state index contributed by atoms with van der Waals surface area (Å²) in [7, 11) is 1.75. The Bertz CT molecular complexity index is 889. The zero-order valence-corrected chi connectivity index (χ0v) is 15.0. The Hall–Kier alpha value is -3.22. The van der Waals surface area contributed by atoms with Gasteiger partial charge in [-0.05, 0) is 32.0 Å². The first-order valence-corrected chi connectivity index (χ1v) is 8.26. The van der Waals surface area contributed by atoms with E-state index in [0.29, 0.717) is 34.9 Å². The van der Waals surface area contributed by atoms with E-state index in [0.717, 1.165) is 5.56 Å². The Balaban J connectivity index is 1.79. The van der Waals surface area contributed by atoms with Crippen LogP contribution >= 0.6 is 0 Å². The molecule has 0 saturated carbocycles. The molecule has 1 amide bonds. The van der Waals surface area contributed by atoms with E-state index in [9.17, 15) is 4.79 Å². The van der Waals surface area contributed by atoms with Crippen LogP contribution in [0.15, 0.2) is 36.7 Å². The van der Waals surface area contributed by atoms with Crippen LogP contribution in [0.4, 0.5) is 5.82 Å². The third-order valence-electron chi connectivity index (χ3n) is 3.92. The molecule has 3 heterocycles. The summed E-state index contributed by atoms with van der Waals surface area (Å²) in [6, 6.07) is 7.07. The van der Waals surface area contributed by atoms with Crippen molar-refractivity contribution in [2.75, 3.05) is 12.4 Å². The SMILES string of the molecule is CN/C=C(\C=N)c1cccc(NC(=O)c2cnc3c(c2)CC(C)(C)O3)n1. The summed E-state index contributed by atoms with van der Waals surface area (Å²) in [5, 5.41) is 13.1. The van der Waals surface area contributed by atoms with Gasteiger partial charge in [-0.3, -0.25) is 4.79 Å². The molecule has 134 valence electrons. The van der Waals surface area contributed by atoms with Crippen LogP contribution in [0.1, 0.15) is 35.5 Å². The van der Waals surface area contributed by atoms with E-state index < -0.39 is 0 Å². The molecule has 0 radical (unpaired) electrons. The topological polar surface area (TPSA) is 100.0 Å². The van der Waals surface area contributed by atoms with Gasteiger partial charge < -0.3 is 20.8 Å². The third-order valence-corrected chi connectivity index (χ3v) is 3.92. The smallest absolute Gasteiger partial charge is 0.258 e. The molecule has 0 aliphatic carbocycles. The summed E-state index contributed by atoms with van der Waals surface area (Å²) < 4.78 is 5.74. The molecule has 0 aromatic carbocycles. The number of fused-ring (bicyclic) bond motifs is 1. The number of carbonyl (C=O) groups excluding carboxylic acids is 1. The first-order valence-electron chi connectivity index (χ1n) is 8.26. The fraction of sp³-hybridized carbons (Fsp3) is 0.263. The van der Waals surface area contributed by atoms with Gasteiger partial charge >= 0.3 is 0 Å². The van der Waals surface area contributed by atoms with Crippen LogP contribution in [0.5, 0.6) is 5.88 Å². The first-order chi connectivity index (χ1) is 12.4. The zero-order chi connectivity index (χ0) is 18.7. The summed E-state index contributed by atoms with van der Waals surface area (Å²) in [5.74, 6) is 0.705. The fourth-order valence-corrected chi connectivity index (χ4v) is 2.80. The van der Waals surface area contributed by atoms with E-state index in [1.807, 2.05) is 13.8 Å². The van der Waals surface area contributed by atoms with E-state index in [2.05, 4.69) is 20.6 Å². The van der Waals surface area contributed by atoms with Crippen molar-refractivity contribution in [1.29, 1.82) is 5.41 Å². The summed E-state index contributed by atoms with van der Waals surface area (Å²) >= 11 is 0. The molecule has 1 aliphatic rings. The van der Waals surface area contributed by atoms with E-state index in [-0.39, 0.29) is 11.5 Å². The predicted molar refractivity (Wildman–Crippen MR) is 101 cm³/mol. The molecule has 7 nitrogen and oxygen atoms in total. The van der Waals surface area contributed by atoms with Gasteiger partial charge in [0.25, 0.3) is 5.91 Å². The van der Waals surface area contributed by atoms with Crippen molar-refractivity contribution < 1.29 is 9.53 Å². The summed E-state index contributed by atoms with van der Waals surface area (Å²) in [5.41, 5.74) is 2.28. The summed E-state index contributed by atoms with van der Waals surface area (Å²) in [6.45, 7) is 3.98. The molecule has 26 heavy (non-hydrogen) atoms. The average molecular weight is 351 g/mol. The number of ether oxygens (including phenoxy) is 1. The highest BCUT2D eigenvalue weighted by atomic mass is 16.5. The number of amides is 1. The molecule has 0 unspecified atom stereocenters. The highest BCUT2D eigenvalue weighted by molar-refractivity contribution is 6.08. The molecule has 0 atom stereocenters. The lowest BCUT2D eigenvalue weighted by Crippen LogP contribution is -2.24. The lowest BCUT2D eigenvalue weighted by atomic mass is 10.0. The Morgan fingerprint density at radius 2 is 2.19 bits per heavy atom. The Morgan fingerprint density at radius 1 is 1.38 bits per heavy atom. The van der Waals surface area contributed by atoms with Gasteiger partial charge in [-0.1, -0.05) is 6.07 Å². The minimum atomic E-state index is -0.302. The fourth-order valence-electron chi connectivity index (χ4n) is 2.80. The van der Waals surface area contributed by atoms with E-state index in [1.54, 1.807) is 37.5 Å². The number of hydrogen-bond donors (Lipinski definition) is 3. The molecule has 3 N–H and O–H groups in total. The molecule has 0 bridgehead atoms. The van der Waals surface area contributed by atoms with Crippen LogP contribution in [0, 0.1) is 5.41 Å². The average Bonchev–Trinajstić information content (AvgIpc) is 2.92. The van der Waals surface area contributed by atoms with Crippen molar-refractivity contribution in [3.8, 4) is 5.88 Å². The van der Waals surface area contributed by atoms with Crippen molar-refractivity contribution in [3.63, 3.8) is 0 Å². The molecule has 0 saturated heterocycles. The van der Waals surface area contributed by atoms with Gasteiger partial charge in [-0.15, -0.1) is 0 Å². The van der Waals surface area contributed by atoms with E-state index in [4.69, 9.17) is 10.1 Å². The highest BCUT2D eigenvalue weighted by Crippen LogP contribution is 2.33. The quantitative estimate of drug-likeness (QED) is 0.719. The minimum absolute atomic E-state index is 0.288. The molecule has 2 aromatic rings. The minimum Gasteiger partial charge on any atom is -0.471 e. The maximum Gasteiger partial charge on any atom is 0.258 e. The van der Waals surface area contributed by atoms with Gasteiger partial charge in [0.15, 0.2) is 0 Å². The maximum atomic E-state index is 12.5. The molecule has 3 rings (SSSR count). The lowest BCUT2D eigenvalue weighted by molar-refractivity contribution is 0.102. The van der Waals surface area contributed by atoms with Gasteiger partial charge in [0.1, 0.15) is 11.4 Å². The number of pyridine rings is 2. The Labute approximate surface area is 152 Å². The molecule has 7 heteroatoms. The van der Waals surface area contributed by atoms with Gasteiger partial charge in [-0.25, -0.2) is 9.97 Å². The molecule has 2 aromatic heterocycles. The van der Waals surface area contributed by atoms with Crippen molar-refractivity contribution in [3.05, 3.63) is 53.5 Å². The summed E-state index contributed by atoms with van der Waals surface area (Å²) in [4.78, 5) is 21.2. The van der Waals surface area contributed by atoms with E-state index in [1.165, 1.54) is 12.4 Å². The second-order valence-electron chi connectivity index (χ2n) is 6.62. The second kappa shape index (κ2) is 6.95. The molecule has 1 aliphatic heterocycles. The largest absolute Gasteiger partial charge is 0.471 e. The van der Waals surface area contributed by atoms with Crippen molar-refractivity contribution in [2.45, 2.75) is 25.9 Å². The monoisotopic (exact) mass is 351 g/mol. The number of hydrogen-bond acceptors (Lipinski definition) is 6. The number of rotatable bonds is 5. The predicted octanol–water partition coefficient (Wildman–Crippen LogP) is 2.65. The number of aromatic nitrogens is 2. The van der Waals surface area contributed by atoms with Crippen LogP contribution in [0.25, 0.3) is 5.57 Å². The van der Waals surface area contributed by atoms with Crippen molar-refractivity contribution >= 4 is 23.5 Å². The lowest BCUT2D eigenvalue weighted by Gasteiger charge is -2.15. The highest BCUT2D eigenvalue weighted by Gasteiger charge is 2.31.